The van der Waals surface area contributed by atoms with Gasteiger partial charge in [0.2, 0.25) is 6.29 Å². The minimum atomic E-state index is -1.02. The fourth-order valence-electron chi connectivity index (χ4n) is 0.584. The SMILES string of the molecule is C=C(C(=O)OC(O)CC)C(C)(C)C. The second-order valence-electron chi connectivity index (χ2n) is 4.00. The molecule has 1 unspecified atom stereocenters. The highest BCUT2D eigenvalue weighted by Crippen LogP contribution is 2.24. The van der Waals surface area contributed by atoms with Crippen molar-refractivity contribution < 1.29 is 14.6 Å². The van der Waals surface area contributed by atoms with Crippen LogP contribution in [0.25, 0.3) is 0 Å². The highest BCUT2D eigenvalue weighted by atomic mass is 16.6. The first-order valence-electron chi connectivity index (χ1n) is 4.37. The number of aliphatic hydroxyl groups excluding tert-OH is 1. The van der Waals surface area contributed by atoms with Gasteiger partial charge in [-0.05, 0) is 5.41 Å². The molecule has 0 spiro atoms. The van der Waals surface area contributed by atoms with E-state index >= 15 is 0 Å². The molecule has 0 fully saturated rings. The zero-order chi connectivity index (χ0) is 10.6. The van der Waals surface area contributed by atoms with E-state index < -0.39 is 12.3 Å². The third-order valence-electron chi connectivity index (χ3n) is 1.74. The van der Waals surface area contributed by atoms with E-state index in [0.717, 1.165) is 0 Å². The molecule has 0 aromatic rings. The summed E-state index contributed by atoms with van der Waals surface area (Å²) in [5.41, 5.74) is 0.0601. The lowest BCUT2D eigenvalue weighted by atomic mass is 9.88. The van der Waals surface area contributed by atoms with E-state index in [0.29, 0.717) is 12.0 Å². The van der Waals surface area contributed by atoms with Crippen molar-refractivity contribution >= 4 is 5.97 Å². The van der Waals surface area contributed by atoms with Crippen LogP contribution in [0.3, 0.4) is 0 Å². The van der Waals surface area contributed by atoms with Crippen molar-refractivity contribution in [1.29, 1.82) is 0 Å². The monoisotopic (exact) mass is 186 g/mol. The molecule has 3 nitrogen and oxygen atoms in total. The van der Waals surface area contributed by atoms with Crippen LogP contribution >= 0.6 is 0 Å². The van der Waals surface area contributed by atoms with E-state index in [4.69, 9.17) is 9.84 Å². The summed E-state index contributed by atoms with van der Waals surface area (Å²) in [6.45, 7) is 11.0. The Hall–Kier alpha value is -0.830. The molecule has 13 heavy (non-hydrogen) atoms. The zero-order valence-corrected chi connectivity index (χ0v) is 8.76. The van der Waals surface area contributed by atoms with E-state index in [1.807, 2.05) is 20.8 Å². The van der Waals surface area contributed by atoms with Gasteiger partial charge < -0.3 is 9.84 Å². The summed E-state index contributed by atoms with van der Waals surface area (Å²) in [7, 11) is 0. The molecule has 0 amide bonds. The van der Waals surface area contributed by atoms with Gasteiger partial charge in [0.1, 0.15) is 0 Å². The van der Waals surface area contributed by atoms with Crippen molar-refractivity contribution in [2.75, 3.05) is 0 Å². The van der Waals surface area contributed by atoms with Crippen molar-refractivity contribution in [3.8, 4) is 0 Å². The van der Waals surface area contributed by atoms with Crippen molar-refractivity contribution in [3.63, 3.8) is 0 Å². The van der Waals surface area contributed by atoms with Crippen LogP contribution in [-0.2, 0) is 9.53 Å². The summed E-state index contributed by atoms with van der Waals surface area (Å²) in [5.74, 6) is -0.526. The van der Waals surface area contributed by atoms with Gasteiger partial charge in [0, 0.05) is 12.0 Å². The molecule has 0 rings (SSSR count). The second-order valence-corrected chi connectivity index (χ2v) is 4.00. The average Bonchev–Trinajstić information content (AvgIpc) is 2.01. The number of rotatable bonds is 3. The number of carbonyl (C=O) groups is 1. The van der Waals surface area contributed by atoms with Gasteiger partial charge in [-0.2, -0.15) is 0 Å². The number of carbonyl (C=O) groups excluding carboxylic acids is 1. The minimum absolute atomic E-state index is 0.315. The van der Waals surface area contributed by atoms with Crippen molar-refractivity contribution in [1.82, 2.24) is 0 Å². The molecule has 0 aliphatic rings. The number of aliphatic hydroxyl groups is 1. The van der Waals surface area contributed by atoms with Gasteiger partial charge in [-0.15, -0.1) is 0 Å². The minimum Gasteiger partial charge on any atom is -0.433 e. The summed E-state index contributed by atoms with van der Waals surface area (Å²) >= 11 is 0. The maximum Gasteiger partial charge on any atom is 0.336 e. The van der Waals surface area contributed by atoms with Crippen molar-refractivity contribution in [2.24, 2.45) is 5.41 Å². The van der Waals surface area contributed by atoms with Gasteiger partial charge in [-0.3, -0.25) is 0 Å². The maximum absolute atomic E-state index is 11.3. The van der Waals surface area contributed by atoms with Gasteiger partial charge in [-0.25, -0.2) is 4.79 Å². The third kappa shape index (κ3) is 4.08. The number of hydrogen-bond donors (Lipinski definition) is 1. The fraction of sp³-hybridized carbons (Fsp3) is 0.700. The topological polar surface area (TPSA) is 46.5 Å². The molecule has 1 N–H and O–H groups in total. The van der Waals surface area contributed by atoms with E-state index in [1.165, 1.54) is 0 Å². The number of ether oxygens (including phenoxy) is 1. The van der Waals surface area contributed by atoms with Crippen LogP contribution in [0.4, 0.5) is 0 Å². The number of esters is 1. The van der Waals surface area contributed by atoms with Gasteiger partial charge in [-0.1, -0.05) is 34.3 Å². The van der Waals surface area contributed by atoms with Crippen LogP contribution in [0.1, 0.15) is 34.1 Å². The molecule has 0 aromatic heterocycles. The normalized spacial score (nSPS) is 13.6. The molecule has 1 atom stereocenters. The smallest absolute Gasteiger partial charge is 0.336 e. The summed E-state index contributed by atoms with van der Waals surface area (Å²) in [6, 6.07) is 0. The summed E-state index contributed by atoms with van der Waals surface area (Å²) in [6.07, 6.45) is -0.630. The van der Waals surface area contributed by atoms with Gasteiger partial charge >= 0.3 is 5.97 Å². The fourth-order valence-corrected chi connectivity index (χ4v) is 0.584. The molecule has 0 saturated heterocycles. The summed E-state index contributed by atoms with van der Waals surface area (Å²) in [5, 5.41) is 9.06. The highest BCUT2D eigenvalue weighted by molar-refractivity contribution is 5.89. The Labute approximate surface area is 79.4 Å². The van der Waals surface area contributed by atoms with Crippen LogP contribution in [0.15, 0.2) is 12.2 Å². The summed E-state index contributed by atoms with van der Waals surface area (Å²) < 4.78 is 4.70. The molecule has 0 aliphatic carbocycles. The zero-order valence-electron chi connectivity index (χ0n) is 8.76. The second kappa shape index (κ2) is 4.42. The van der Waals surface area contributed by atoms with Gasteiger partial charge in [0.15, 0.2) is 0 Å². The Kier molecular flexibility index (Phi) is 4.14. The molecule has 0 bridgehead atoms. The lowest BCUT2D eigenvalue weighted by Crippen LogP contribution is -2.23. The number of hydrogen-bond acceptors (Lipinski definition) is 3. The predicted molar refractivity (Wildman–Crippen MR) is 51.0 cm³/mol. The van der Waals surface area contributed by atoms with Crippen molar-refractivity contribution in [3.05, 3.63) is 12.2 Å². The largest absolute Gasteiger partial charge is 0.433 e. The Morgan fingerprint density at radius 3 is 2.31 bits per heavy atom. The molecular formula is C10H18O3. The van der Waals surface area contributed by atoms with Crippen LogP contribution in [0.5, 0.6) is 0 Å². The van der Waals surface area contributed by atoms with E-state index in [1.54, 1.807) is 6.92 Å². The quantitative estimate of drug-likeness (QED) is 0.415. The lowest BCUT2D eigenvalue weighted by molar-refractivity contribution is -0.164. The predicted octanol–water partition coefficient (Wildman–Crippen LogP) is 1.86. The Morgan fingerprint density at radius 2 is 2.00 bits per heavy atom. The third-order valence-corrected chi connectivity index (χ3v) is 1.74. The Balaban J connectivity index is 4.21. The molecule has 76 valence electrons. The maximum atomic E-state index is 11.3. The highest BCUT2D eigenvalue weighted by Gasteiger charge is 2.24. The molecule has 0 radical (unpaired) electrons. The van der Waals surface area contributed by atoms with Crippen LogP contribution < -0.4 is 0 Å². The van der Waals surface area contributed by atoms with Gasteiger partial charge in [0.25, 0.3) is 0 Å². The molecule has 0 aromatic carbocycles. The van der Waals surface area contributed by atoms with Crippen molar-refractivity contribution in [2.45, 2.75) is 40.4 Å². The van der Waals surface area contributed by atoms with E-state index in [-0.39, 0.29) is 5.41 Å². The van der Waals surface area contributed by atoms with Crippen LogP contribution in [0.2, 0.25) is 0 Å². The molecule has 3 heteroatoms. The Bertz CT molecular complexity index is 201. The van der Waals surface area contributed by atoms with Gasteiger partial charge in [0.05, 0.1) is 0 Å². The van der Waals surface area contributed by atoms with Crippen LogP contribution in [0, 0.1) is 5.41 Å². The molecule has 0 aliphatic heterocycles. The molecule has 0 saturated carbocycles. The molecular weight excluding hydrogens is 168 g/mol. The van der Waals surface area contributed by atoms with E-state index in [9.17, 15) is 4.79 Å². The first-order valence-corrected chi connectivity index (χ1v) is 4.37. The lowest BCUT2D eigenvalue weighted by Gasteiger charge is -2.21. The van der Waals surface area contributed by atoms with Crippen LogP contribution in [-0.4, -0.2) is 17.4 Å². The molecule has 0 heterocycles. The average molecular weight is 186 g/mol. The first-order chi connectivity index (χ1) is 5.79. The summed E-state index contributed by atoms with van der Waals surface area (Å²) in [4.78, 5) is 11.3. The van der Waals surface area contributed by atoms with E-state index in [2.05, 4.69) is 6.58 Å². The first kappa shape index (κ1) is 12.2. The standard InChI is InChI=1S/C10H18O3/c1-6-8(11)13-9(12)7(2)10(3,4)5/h8,11H,2,6H2,1,3-5H3. The Morgan fingerprint density at radius 1 is 1.54 bits per heavy atom.